The van der Waals surface area contributed by atoms with Crippen LogP contribution in [0.25, 0.3) is 0 Å². The number of rotatable bonds is 3. The standard InChI is InChI=1S/C13H19ClF2N2O2/c1-8-3-2-4-9-6-18(7-10(8)9)11(19)5-17-12(20)13(14,15)16/h8-10H,2-7H2,1H3,(H,17,20). The number of alkyl halides is 3. The van der Waals surface area contributed by atoms with Crippen molar-refractivity contribution in [3.63, 3.8) is 0 Å². The van der Waals surface area contributed by atoms with Gasteiger partial charge in [-0.25, -0.2) is 0 Å². The van der Waals surface area contributed by atoms with Gasteiger partial charge in [-0.1, -0.05) is 19.8 Å². The van der Waals surface area contributed by atoms with Crippen molar-refractivity contribution in [2.75, 3.05) is 19.6 Å². The first kappa shape index (κ1) is 15.5. The van der Waals surface area contributed by atoms with Crippen molar-refractivity contribution < 1.29 is 18.4 Å². The van der Waals surface area contributed by atoms with Gasteiger partial charge in [-0.15, -0.1) is 0 Å². The highest BCUT2D eigenvalue weighted by molar-refractivity contribution is 6.32. The van der Waals surface area contributed by atoms with Gasteiger partial charge in [0.15, 0.2) is 0 Å². The molecule has 1 heterocycles. The fraction of sp³-hybridized carbons (Fsp3) is 0.846. The second-order valence-electron chi connectivity index (χ2n) is 5.81. The Labute approximate surface area is 121 Å². The van der Waals surface area contributed by atoms with E-state index in [2.05, 4.69) is 18.5 Å². The normalized spacial score (nSPS) is 30.0. The van der Waals surface area contributed by atoms with Gasteiger partial charge in [0.05, 0.1) is 6.54 Å². The van der Waals surface area contributed by atoms with E-state index >= 15 is 0 Å². The van der Waals surface area contributed by atoms with Crippen LogP contribution in [0.2, 0.25) is 0 Å². The predicted octanol–water partition coefficient (Wildman–Crippen LogP) is 1.83. The van der Waals surface area contributed by atoms with Crippen LogP contribution in [-0.2, 0) is 9.59 Å². The van der Waals surface area contributed by atoms with E-state index in [0.717, 1.165) is 6.42 Å². The van der Waals surface area contributed by atoms with Crippen molar-refractivity contribution in [3.8, 4) is 0 Å². The number of likely N-dealkylation sites (tertiary alicyclic amines) is 1. The van der Waals surface area contributed by atoms with Crippen LogP contribution in [0.5, 0.6) is 0 Å². The summed E-state index contributed by atoms with van der Waals surface area (Å²) >= 11 is 4.58. The third-order valence-electron chi connectivity index (χ3n) is 4.47. The SMILES string of the molecule is CC1CCCC2CN(C(=O)CNC(=O)C(F)(F)Cl)CC12. The lowest BCUT2D eigenvalue weighted by Gasteiger charge is -2.29. The van der Waals surface area contributed by atoms with E-state index in [9.17, 15) is 18.4 Å². The van der Waals surface area contributed by atoms with Crippen molar-refractivity contribution in [1.29, 1.82) is 0 Å². The Kier molecular flexibility index (Phi) is 4.52. The quantitative estimate of drug-likeness (QED) is 0.809. The fourth-order valence-corrected chi connectivity index (χ4v) is 3.40. The molecule has 3 unspecified atom stereocenters. The van der Waals surface area contributed by atoms with Crippen molar-refractivity contribution >= 4 is 23.4 Å². The second-order valence-corrected chi connectivity index (χ2v) is 6.29. The average molecular weight is 309 g/mol. The maximum Gasteiger partial charge on any atom is 0.399 e. The largest absolute Gasteiger partial charge is 0.399 e. The Bertz CT molecular complexity index is 400. The fourth-order valence-electron chi connectivity index (χ4n) is 3.33. The average Bonchev–Trinajstić information content (AvgIpc) is 2.79. The molecule has 1 aliphatic heterocycles. The van der Waals surface area contributed by atoms with Crippen LogP contribution in [0.3, 0.4) is 0 Å². The molecular weight excluding hydrogens is 290 g/mol. The monoisotopic (exact) mass is 308 g/mol. The molecule has 2 rings (SSSR count). The lowest BCUT2D eigenvalue weighted by atomic mass is 9.75. The van der Waals surface area contributed by atoms with Gasteiger partial charge in [-0.2, -0.15) is 8.78 Å². The Morgan fingerprint density at radius 2 is 2.05 bits per heavy atom. The molecule has 0 aromatic rings. The molecule has 1 saturated carbocycles. The number of amides is 2. The number of carbonyl (C=O) groups excluding carboxylic acids is 2. The number of hydrogen-bond donors (Lipinski definition) is 1. The highest BCUT2D eigenvalue weighted by Gasteiger charge is 2.40. The Balaban J connectivity index is 1.84. The summed E-state index contributed by atoms with van der Waals surface area (Å²) in [6.07, 6.45) is 3.48. The Hall–Kier alpha value is -0.910. The molecule has 1 aliphatic carbocycles. The van der Waals surface area contributed by atoms with Crippen LogP contribution < -0.4 is 5.32 Å². The first-order valence-corrected chi connectivity index (χ1v) is 7.29. The van der Waals surface area contributed by atoms with Gasteiger partial charge in [0.1, 0.15) is 0 Å². The molecule has 0 bridgehead atoms. The zero-order valence-electron chi connectivity index (χ0n) is 11.4. The van der Waals surface area contributed by atoms with Crippen molar-refractivity contribution in [2.24, 2.45) is 17.8 Å². The van der Waals surface area contributed by atoms with Gasteiger partial charge in [-0.05, 0) is 35.8 Å². The molecule has 0 spiro atoms. The van der Waals surface area contributed by atoms with E-state index in [1.807, 2.05) is 5.32 Å². The molecule has 1 N–H and O–H groups in total. The maximum absolute atomic E-state index is 12.5. The van der Waals surface area contributed by atoms with Gasteiger partial charge in [0, 0.05) is 13.1 Å². The molecule has 2 amide bonds. The molecule has 7 heteroatoms. The first-order valence-electron chi connectivity index (χ1n) is 6.92. The molecule has 1 saturated heterocycles. The van der Waals surface area contributed by atoms with E-state index in [1.165, 1.54) is 12.8 Å². The third kappa shape index (κ3) is 3.40. The minimum atomic E-state index is -3.96. The van der Waals surface area contributed by atoms with Gasteiger partial charge < -0.3 is 10.2 Å². The summed E-state index contributed by atoms with van der Waals surface area (Å²) in [6.45, 7) is 3.11. The van der Waals surface area contributed by atoms with Gasteiger partial charge in [-0.3, -0.25) is 9.59 Å². The van der Waals surface area contributed by atoms with Gasteiger partial charge in [0.2, 0.25) is 5.91 Å². The number of nitrogens with zero attached hydrogens (tertiary/aromatic N) is 1. The number of hydrogen-bond acceptors (Lipinski definition) is 2. The summed E-state index contributed by atoms with van der Waals surface area (Å²) in [6, 6.07) is 0. The van der Waals surface area contributed by atoms with Crippen LogP contribution in [0.4, 0.5) is 8.78 Å². The second kappa shape index (κ2) is 5.84. The van der Waals surface area contributed by atoms with Crippen molar-refractivity contribution in [2.45, 2.75) is 31.6 Å². The molecule has 20 heavy (non-hydrogen) atoms. The molecule has 4 nitrogen and oxygen atoms in total. The van der Waals surface area contributed by atoms with Crippen LogP contribution in [0.15, 0.2) is 0 Å². The third-order valence-corrected chi connectivity index (χ3v) is 4.64. The smallest absolute Gasteiger partial charge is 0.341 e. The Morgan fingerprint density at radius 3 is 2.65 bits per heavy atom. The minimum absolute atomic E-state index is 0.319. The van der Waals surface area contributed by atoms with E-state index in [-0.39, 0.29) is 5.91 Å². The molecule has 0 radical (unpaired) electrons. The highest BCUT2D eigenvalue weighted by atomic mass is 35.5. The van der Waals surface area contributed by atoms with E-state index in [1.54, 1.807) is 4.90 Å². The predicted molar refractivity (Wildman–Crippen MR) is 70.4 cm³/mol. The zero-order valence-corrected chi connectivity index (χ0v) is 12.1. The summed E-state index contributed by atoms with van der Waals surface area (Å²) in [5.74, 6) is -0.350. The van der Waals surface area contributed by atoms with Crippen molar-refractivity contribution in [3.05, 3.63) is 0 Å². The van der Waals surface area contributed by atoms with E-state index in [0.29, 0.717) is 30.8 Å². The van der Waals surface area contributed by atoms with E-state index < -0.39 is 17.8 Å². The topological polar surface area (TPSA) is 49.4 Å². The lowest BCUT2D eigenvalue weighted by Crippen LogP contribution is -2.43. The summed E-state index contributed by atoms with van der Waals surface area (Å²) in [5.41, 5.74) is 0. The first-order chi connectivity index (χ1) is 9.29. The summed E-state index contributed by atoms with van der Waals surface area (Å²) in [4.78, 5) is 24.5. The molecule has 0 aromatic heterocycles. The molecule has 3 atom stereocenters. The number of fused-ring (bicyclic) bond motifs is 1. The lowest BCUT2D eigenvalue weighted by molar-refractivity contribution is -0.139. The molecule has 114 valence electrons. The number of halogens is 3. The molecule has 0 aromatic carbocycles. The maximum atomic E-state index is 12.5. The summed E-state index contributed by atoms with van der Waals surface area (Å²) in [7, 11) is 0. The summed E-state index contributed by atoms with van der Waals surface area (Å²) in [5, 5.41) is -2.08. The molecule has 2 aliphatic rings. The van der Waals surface area contributed by atoms with Gasteiger partial charge >= 0.3 is 11.3 Å². The van der Waals surface area contributed by atoms with Crippen LogP contribution in [0, 0.1) is 17.8 Å². The van der Waals surface area contributed by atoms with Crippen LogP contribution >= 0.6 is 11.6 Å². The highest BCUT2D eigenvalue weighted by Crippen LogP contribution is 2.39. The molecule has 2 fully saturated rings. The zero-order chi connectivity index (χ0) is 14.9. The van der Waals surface area contributed by atoms with E-state index in [4.69, 9.17) is 0 Å². The number of nitrogens with one attached hydrogen (secondary N) is 1. The Morgan fingerprint density at radius 1 is 1.35 bits per heavy atom. The number of carbonyl (C=O) groups is 2. The van der Waals surface area contributed by atoms with Crippen molar-refractivity contribution in [1.82, 2.24) is 10.2 Å². The summed E-state index contributed by atoms with van der Waals surface area (Å²) < 4.78 is 24.9. The van der Waals surface area contributed by atoms with Crippen LogP contribution in [-0.4, -0.2) is 41.7 Å². The molecular formula is C13H19ClF2N2O2. The minimum Gasteiger partial charge on any atom is -0.341 e. The van der Waals surface area contributed by atoms with Gasteiger partial charge in [0.25, 0.3) is 0 Å². The van der Waals surface area contributed by atoms with Crippen LogP contribution in [0.1, 0.15) is 26.2 Å².